The van der Waals surface area contributed by atoms with Crippen LogP contribution in [0.1, 0.15) is 23.6 Å². The maximum atomic E-state index is 12.4. The van der Waals surface area contributed by atoms with Crippen LogP contribution in [0.25, 0.3) is 11.0 Å². The first-order chi connectivity index (χ1) is 13.0. The quantitative estimate of drug-likeness (QED) is 0.677. The number of hydrogen-bond acceptors (Lipinski definition) is 4. The summed E-state index contributed by atoms with van der Waals surface area (Å²) < 4.78 is 5.30. The van der Waals surface area contributed by atoms with Crippen LogP contribution in [-0.4, -0.2) is 24.4 Å². The highest BCUT2D eigenvalue weighted by Gasteiger charge is 2.12. The van der Waals surface area contributed by atoms with Crippen molar-refractivity contribution in [3.8, 4) is 0 Å². The molecule has 0 saturated carbocycles. The number of aryl methyl sites for hydroxylation is 2. The van der Waals surface area contributed by atoms with Crippen molar-refractivity contribution in [2.45, 2.75) is 26.8 Å². The van der Waals surface area contributed by atoms with Crippen molar-refractivity contribution in [1.82, 2.24) is 4.90 Å². The zero-order valence-corrected chi connectivity index (χ0v) is 15.9. The van der Waals surface area contributed by atoms with Crippen molar-refractivity contribution in [3.05, 3.63) is 75.6 Å². The van der Waals surface area contributed by atoms with Crippen LogP contribution >= 0.6 is 0 Å². The Bertz CT molecular complexity index is 1020. The second kappa shape index (κ2) is 8.18. The first kappa shape index (κ1) is 18.9. The third kappa shape index (κ3) is 4.63. The molecule has 0 aliphatic heterocycles. The Kier molecular flexibility index (Phi) is 5.72. The lowest BCUT2D eigenvalue weighted by Crippen LogP contribution is -2.30. The molecular weight excluding hydrogens is 340 g/mol. The molecule has 3 aromatic rings. The van der Waals surface area contributed by atoms with Gasteiger partial charge in [0.15, 0.2) is 0 Å². The van der Waals surface area contributed by atoms with Gasteiger partial charge in [-0.25, -0.2) is 4.79 Å². The molecule has 0 bridgehead atoms. The number of benzene rings is 2. The molecule has 0 fully saturated rings. The Labute approximate surface area is 158 Å². The van der Waals surface area contributed by atoms with E-state index in [1.54, 1.807) is 0 Å². The summed E-state index contributed by atoms with van der Waals surface area (Å²) in [5.41, 5.74) is 4.04. The van der Waals surface area contributed by atoms with Gasteiger partial charge in [-0.3, -0.25) is 9.69 Å². The highest BCUT2D eigenvalue weighted by Crippen LogP contribution is 2.20. The number of amides is 1. The Morgan fingerprint density at radius 3 is 2.67 bits per heavy atom. The summed E-state index contributed by atoms with van der Waals surface area (Å²) in [6.45, 7) is 4.72. The molecule has 3 rings (SSSR count). The van der Waals surface area contributed by atoms with Gasteiger partial charge in [0, 0.05) is 23.7 Å². The van der Waals surface area contributed by atoms with Crippen molar-refractivity contribution < 1.29 is 9.21 Å². The second-order valence-corrected chi connectivity index (χ2v) is 6.82. The molecule has 0 spiro atoms. The summed E-state index contributed by atoms with van der Waals surface area (Å²) in [5.74, 6) is -0.0819. The minimum atomic E-state index is -0.377. The molecule has 0 aliphatic carbocycles. The van der Waals surface area contributed by atoms with Gasteiger partial charge in [0.05, 0.1) is 6.54 Å². The van der Waals surface area contributed by atoms with E-state index in [4.69, 9.17) is 4.42 Å². The maximum Gasteiger partial charge on any atom is 0.336 e. The van der Waals surface area contributed by atoms with Gasteiger partial charge in [-0.15, -0.1) is 0 Å². The Hall–Kier alpha value is -2.92. The summed E-state index contributed by atoms with van der Waals surface area (Å²) in [7, 11) is 1.86. The third-order valence-electron chi connectivity index (χ3n) is 4.51. The fourth-order valence-electron chi connectivity index (χ4n) is 3.20. The van der Waals surface area contributed by atoms with Crippen LogP contribution in [0, 0.1) is 6.92 Å². The van der Waals surface area contributed by atoms with Crippen LogP contribution in [0.3, 0.4) is 0 Å². The fourth-order valence-corrected chi connectivity index (χ4v) is 3.20. The van der Waals surface area contributed by atoms with Crippen LogP contribution < -0.4 is 10.9 Å². The lowest BCUT2D eigenvalue weighted by Gasteiger charge is -2.18. The van der Waals surface area contributed by atoms with Gasteiger partial charge < -0.3 is 9.73 Å². The monoisotopic (exact) mass is 364 g/mol. The van der Waals surface area contributed by atoms with Crippen molar-refractivity contribution in [1.29, 1.82) is 0 Å². The average Bonchev–Trinajstić information content (AvgIpc) is 2.61. The molecule has 1 amide bonds. The summed E-state index contributed by atoms with van der Waals surface area (Å²) in [6.07, 6.45) is 0.859. The number of hydrogen-bond donors (Lipinski definition) is 1. The highest BCUT2D eigenvalue weighted by atomic mass is 16.4. The van der Waals surface area contributed by atoms with Crippen LogP contribution in [0.15, 0.2) is 57.7 Å². The first-order valence-corrected chi connectivity index (χ1v) is 9.06. The molecule has 5 heteroatoms. The number of carbonyl (C=O) groups excluding carboxylic acids is 1. The molecule has 1 N–H and O–H groups in total. The molecule has 27 heavy (non-hydrogen) atoms. The normalized spacial score (nSPS) is 11.1. The SMILES string of the molecule is CCc1ccccc1NC(=O)CN(C)Cc1cc(=O)oc2cc(C)ccc12. The van der Waals surface area contributed by atoms with E-state index in [2.05, 4.69) is 12.2 Å². The van der Waals surface area contributed by atoms with Crippen LogP contribution in [0.2, 0.25) is 0 Å². The minimum Gasteiger partial charge on any atom is -0.423 e. The average molecular weight is 364 g/mol. The van der Waals surface area contributed by atoms with Crippen LogP contribution in [-0.2, 0) is 17.8 Å². The fraction of sp³-hybridized carbons (Fsp3) is 0.273. The van der Waals surface area contributed by atoms with E-state index in [1.165, 1.54) is 6.07 Å². The smallest absolute Gasteiger partial charge is 0.336 e. The number of carbonyl (C=O) groups is 1. The van der Waals surface area contributed by atoms with Crippen molar-refractivity contribution in [2.24, 2.45) is 0 Å². The number of fused-ring (bicyclic) bond motifs is 1. The Morgan fingerprint density at radius 2 is 1.89 bits per heavy atom. The molecule has 0 atom stereocenters. The molecule has 5 nitrogen and oxygen atoms in total. The minimum absolute atomic E-state index is 0.0819. The Morgan fingerprint density at radius 1 is 1.11 bits per heavy atom. The van der Waals surface area contributed by atoms with Crippen LogP contribution in [0.5, 0.6) is 0 Å². The van der Waals surface area contributed by atoms with E-state index in [0.717, 1.165) is 34.2 Å². The van der Waals surface area contributed by atoms with Gasteiger partial charge in [-0.1, -0.05) is 37.3 Å². The van der Waals surface area contributed by atoms with Crippen molar-refractivity contribution in [2.75, 3.05) is 18.9 Å². The predicted octanol–water partition coefficient (Wildman–Crippen LogP) is 3.73. The van der Waals surface area contributed by atoms with Gasteiger partial charge in [0.2, 0.25) is 5.91 Å². The zero-order chi connectivity index (χ0) is 19.4. The molecule has 1 aromatic heterocycles. The number of nitrogens with zero attached hydrogens (tertiary/aromatic N) is 1. The van der Waals surface area contributed by atoms with E-state index in [9.17, 15) is 9.59 Å². The van der Waals surface area contributed by atoms with Gasteiger partial charge in [0.1, 0.15) is 5.58 Å². The van der Waals surface area contributed by atoms with Crippen molar-refractivity contribution in [3.63, 3.8) is 0 Å². The summed E-state index contributed by atoms with van der Waals surface area (Å²) in [5, 5.41) is 3.87. The highest BCUT2D eigenvalue weighted by molar-refractivity contribution is 5.93. The predicted molar refractivity (Wildman–Crippen MR) is 108 cm³/mol. The van der Waals surface area contributed by atoms with E-state index in [1.807, 2.05) is 61.3 Å². The van der Waals surface area contributed by atoms with Crippen molar-refractivity contribution >= 4 is 22.6 Å². The summed E-state index contributed by atoms with van der Waals surface area (Å²) in [6, 6.07) is 15.1. The first-order valence-electron chi connectivity index (χ1n) is 9.06. The molecule has 1 heterocycles. The second-order valence-electron chi connectivity index (χ2n) is 6.82. The summed E-state index contributed by atoms with van der Waals surface area (Å²) in [4.78, 5) is 26.2. The van der Waals surface area contributed by atoms with Gasteiger partial charge in [0.25, 0.3) is 0 Å². The molecule has 0 unspecified atom stereocenters. The maximum absolute atomic E-state index is 12.4. The molecule has 140 valence electrons. The van der Waals surface area contributed by atoms with Gasteiger partial charge in [-0.05, 0) is 49.2 Å². The largest absolute Gasteiger partial charge is 0.423 e. The lowest BCUT2D eigenvalue weighted by molar-refractivity contribution is -0.117. The lowest BCUT2D eigenvalue weighted by atomic mass is 10.1. The van der Waals surface area contributed by atoms with Crippen LogP contribution in [0.4, 0.5) is 5.69 Å². The van der Waals surface area contributed by atoms with E-state index in [-0.39, 0.29) is 18.1 Å². The molecule has 0 saturated heterocycles. The topological polar surface area (TPSA) is 62.6 Å². The van der Waals surface area contributed by atoms with Gasteiger partial charge in [-0.2, -0.15) is 0 Å². The van der Waals surface area contributed by atoms with E-state index in [0.29, 0.717) is 12.1 Å². The van der Waals surface area contributed by atoms with Gasteiger partial charge >= 0.3 is 5.63 Å². The Balaban J connectivity index is 1.72. The molecular formula is C22H24N2O3. The van der Waals surface area contributed by atoms with E-state index >= 15 is 0 Å². The molecule has 0 aliphatic rings. The number of para-hydroxylation sites is 1. The number of anilines is 1. The number of nitrogens with one attached hydrogen (secondary N) is 1. The molecule has 0 radical (unpaired) electrons. The summed E-state index contributed by atoms with van der Waals surface area (Å²) >= 11 is 0. The standard InChI is InChI=1S/C22H24N2O3/c1-4-16-7-5-6-8-19(16)23-21(25)14-24(3)13-17-12-22(26)27-20-11-15(2)9-10-18(17)20/h5-12H,4,13-14H2,1-3H3,(H,23,25). The molecule has 2 aromatic carbocycles. The number of rotatable bonds is 6. The van der Waals surface area contributed by atoms with E-state index < -0.39 is 0 Å². The zero-order valence-electron chi connectivity index (χ0n) is 15.9. The third-order valence-corrected chi connectivity index (χ3v) is 4.51. The number of likely N-dealkylation sites (N-methyl/N-ethyl adjacent to an activating group) is 1.